The van der Waals surface area contributed by atoms with E-state index in [1.54, 1.807) is 23.5 Å². The van der Waals surface area contributed by atoms with Crippen LogP contribution in [0, 0.1) is 23.2 Å². The number of hydrogen-bond acceptors (Lipinski definition) is 7. The van der Waals surface area contributed by atoms with Crippen LogP contribution in [0.3, 0.4) is 0 Å². The number of anilines is 1. The number of alkyl halides is 2. The van der Waals surface area contributed by atoms with Gasteiger partial charge < -0.3 is 9.64 Å². The normalized spacial score (nSPS) is 27.4. The Labute approximate surface area is 212 Å². The van der Waals surface area contributed by atoms with Crippen molar-refractivity contribution in [2.75, 3.05) is 18.0 Å². The number of aromatic nitrogens is 2. The maximum atomic E-state index is 12.9. The van der Waals surface area contributed by atoms with Crippen molar-refractivity contribution in [1.29, 1.82) is 5.26 Å². The van der Waals surface area contributed by atoms with E-state index in [0.717, 1.165) is 30.4 Å². The number of ether oxygens (including phenoxy) is 1. The van der Waals surface area contributed by atoms with Crippen molar-refractivity contribution in [1.82, 2.24) is 20.8 Å². The van der Waals surface area contributed by atoms with Gasteiger partial charge in [-0.15, -0.1) is 0 Å². The molecule has 1 saturated carbocycles. The molecule has 186 valence electrons. The Balaban J connectivity index is 1.28. The molecule has 7 nitrogen and oxygen atoms in total. The zero-order chi connectivity index (χ0) is 24.7. The molecule has 0 radical (unpaired) electrons. The van der Waals surface area contributed by atoms with Gasteiger partial charge in [-0.3, -0.25) is 10.4 Å². The summed E-state index contributed by atoms with van der Waals surface area (Å²) in [5.74, 6) is 0.0409. The van der Waals surface area contributed by atoms with Crippen LogP contribution in [0.1, 0.15) is 55.0 Å². The van der Waals surface area contributed by atoms with Crippen molar-refractivity contribution in [3.63, 3.8) is 0 Å². The van der Waals surface area contributed by atoms with Gasteiger partial charge in [0.15, 0.2) is 0 Å². The summed E-state index contributed by atoms with van der Waals surface area (Å²) in [6, 6.07) is 4.24. The highest BCUT2D eigenvalue weighted by molar-refractivity contribution is 6.35. The van der Waals surface area contributed by atoms with Gasteiger partial charge >= 0.3 is 0 Å². The summed E-state index contributed by atoms with van der Waals surface area (Å²) >= 11 is 12.6. The van der Waals surface area contributed by atoms with E-state index >= 15 is 0 Å². The minimum atomic E-state index is -2.35. The van der Waals surface area contributed by atoms with Gasteiger partial charge in [-0.2, -0.15) is 5.26 Å². The molecule has 1 aliphatic carbocycles. The van der Waals surface area contributed by atoms with Gasteiger partial charge in [-0.25, -0.2) is 19.2 Å². The van der Waals surface area contributed by atoms with E-state index < -0.39 is 12.3 Å². The highest BCUT2D eigenvalue weighted by Gasteiger charge is 2.42. The van der Waals surface area contributed by atoms with Gasteiger partial charge in [0.2, 0.25) is 6.43 Å². The second-order valence-electron chi connectivity index (χ2n) is 9.52. The maximum Gasteiger partial charge on any atom is 0.244 e. The fourth-order valence-electron chi connectivity index (χ4n) is 5.46. The molecule has 2 aromatic heterocycles. The fourth-order valence-corrected chi connectivity index (χ4v) is 6.13. The first-order chi connectivity index (χ1) is 16.9. The Morgan fingerprint density at radius 3 is 2.60 bits per heavy atom. The first-order valence-electron chi connectivity index (χ1n) is 11.7. The van der Waals surface area contributed by atoms with Crippen LogP contribution in [0.2, 0.25) is 10.0 Å². The highest BCUT2D eigenvalue weighted by atomic mass is 35.5. The summed E-state index contributed by atoms with van der Waals surface area (Å²) in [4.78, 5) is 10.2. The van der Waals surface area contributed by atoms with Crippen molar-refractivity contribution in [3.05, 3.63) is 51.4 Å². The molecule has 2 saturated heterocycles. The van der Waals surface area contributed by atoms with Gasteiger partial charge in [-0.1, -0.05) is 23.2 Å². The number of nitrogens with one attached hydrogen (secondary N) is 2. The average molecular weight is 523 g/mol. The Kier molecular flexibility index (Phi) is 7.11. The number of halogens is 4. The lowest BCUT2D eigenvalue weighted by atomic mass is 9.78. The summed E-state index contributed by atoms with van der Waals surface area (Å²) in [6.07, 6.45) is 4.91. The third-order valence-corrected chi connectivity index (χ3v) is 7.93. The molecule has 4 unspecified atom stereocenters. The van der Waals surface area contributed by atoms with Gasteiger partial charge in [0.05, 0.1) is 39.8 Å². The minimum absolute atomic E-state index is 0.0192. The van der Waals surface area contributed by atoms with Gasteiger partial charge in [0, 0.05) is 43.3 Å². The third-order valence-electron chi connectivity index (χ3n) is 7.33. The predicted octanol–water partition coefficient (Wildman–Crippen LogP) is 4.82. The van der Waals surface area contributed by atoms with E-state index in [1.807, 2.05) is 13.0 Å². The topological polar surface area (TPSA) is 86.1 Å². The molecule has 2 N–H and O–H groups in total. The van der Waals surface area contributed by atoms with E-state index in [4.69, 9.17) is 27.9 Å². The molecular formula is C24H26Cl2F2N6O. The van der Waals surface area contributed by atoms with E-state index in [2.05, 4.69) is 26.9 Å². The molecule has 0 bridgehead atoms. The smallest absolute Gasteiger partial charge is 0.244 e. The van der Waals surface area contributed by atoms with Crippen LogP contribution in [-0.4, -0.2) is 41.6 Å². The van der Waals surface area contributed by atoms with E-state index in [0.29, 0.717) is 21.4 Å². The zero-order valence-electron chi connectivity index (χ0n) is 19.1. The second-order valence-corrected chi connectivity index (χ2v) is 10.3. The third kappa shape index (κ3) is 4.83. The molecule has 5 rings (SSSR count). The number of fused-ring (bicyclic) bond motifs is 1. The average Bonchev–Trinajstić information content (AvgIpc) is 3.21. The van der Waals surface area contributed by atoms with Crippen molar-refractivity contribution < 1.29 is 13.5 Å². The molecule has 35 heavy (non-hydrogen) atoms. The standard InChI is InChI=1S/C24H26Cl2F2N6O/c1-12(21-18(25)8-30-9-19(21)26)35-16-2-3-20-17(5-16)22(33-32-20)14-4-13(6-29)24(31-7-14)34-10-15(11-34)23(27)28/h4,7-9,12,15-17,20,22-23,32-33H,2-3,5,10-11H2,1H3/t12-,16?,17?,20?,22?/m1/s1. The Hall–Kier alpha value is -2.09. The summed E-state index contributed by atoms with van der Waals surface area (Å²) in [7, 11) is 0. The first kappa shape index (κ1) is 24.6. The monoisotopic (exact) mass is 522 g/mol. The van der Waals surface area contributed by atoms with Crippen LogP contribution in [0.15, 0.2) is 24.7 Å². The van der Waals surface area contributed by atoms with E-state index in [-0.39, 0.29) is 43.3 Å². The van der Waals surface area contributed by atoms with Crippen LogP contribution in [0.5, 0.6) is 0 Å². The molecule has 0 spiro atoms. The lowest BCUT2D eigenvalue weighted by Crippen LogP contribution is -2.50. The number of nitriles is 1. The van der Waals surface area contributed by atoms with E-state index in [9.17, 15) is 14.0 Å². The number of hydrogen-bond donors (Lipinski definition) is 2. The number of nitrogens with zero attached hydrogens (tertiary/aromatic N) is 4. The summed E-state index contributed by atoms with van der Waals surface area (Å²) in [5.41, 5.74) is 8.79. The zero-order valence-corrected chi connectivity index (χ0v) is 20.6. The fraction of sp³-hybridized carbons (Fsp3) is 0.542. The van der Waals surface area contributed by atoms with Crippen molar-refractivity contribution in [2.45, 2.75) is 56.9 Å². The Bertz CT molecular complexity index is 1110. The molecule has 3 aliphatic rings. The minimum Gasteiger partial charge on any atom is -0.370 e. The van der Waals surface area contributed by atoms with Crippen LogP contribution >= 0.6 is 23.2 Å². The van der Waals surface area contributed by atoms with Crippen LogP contribution in [0.25, 0.3) is 0 Å². The predicted molar refractivity (Wildman–Crippen MR) is 128 cm³/mol. The number of hydrazine groups is 1. The highest BCUT2D eigenvalue weighted by Crippen LogP contribution is 2.42. The summed E-state index contributed by atoms with van der Waals surface area (Å²) in [5, 5.41) is 10.7. The second kappa shape index (κ2) is 10.1. The molecule has 5 atom stereocenters. The van der Waals surface area contributed by atoms with Crippen molar-refractivity contribution in [3.8, 4) is 6.07 Å². The van der Waals surface area contributed by atoms with Gasteiger partial charge in [0.1, 0.15) is 11.9 Å². The number of pyridine rings is 2. The molecular weight excluding hydrogens is 497 g/mol. The molecule has 2 aliphatic heterocycles. The quantitative estimate of drug-likeness (QED) is 0.562. The summed E-state index contributed by atoms with van der Waals surface area (Å²) in [6.45, 7) is 2.38. The van der Waals surface area contributed by atoms with Gasteiger partial charge in [0.25, 0.3) is 0 Å². The van der Waals surface area contributed by atoms with Crippen molar-refractivity contribution in [2.24, 2.45) is 11.8 Å². The Morgan fingerprint density at radius 2 is 1.91 bits per heavy atom. The maximum absolute atomic E-state index is 12.9. The molecule has 0 aromatic carbocycles. The van der Waals surface area contributed by atoms with Crippen molar-refractivity contribution >= 4 is 29.0 Å². The lowest BCUT2D eigenvalue weighted by Gasteiger charge is -2.40. The first-order valence-corrected chi connectivity index (χ1v) is 12.5. The van der Waals surface area contributed by atoms with Crippen LogP contribution in [-0.2, 0) is 4.74 Å². The van der Waals surface area contributed by atoms with Crippen LogP contribution in [0.4, 0.5) is 14.6 Å². The number of rotatable bonds is 6. The lowest BCUT2D eigenvalue weighted by molar-refractivity contribution is -0.0370. The Morgan fingerprint density at radius 1 is 1.17 bits per heavy atom. The molecule has 0 amide bonds. The van der Waals surface area contributed by atoms with Crippen LogP contribution < -0.4 is 15.8 Å². The summed E-state index contributed by atoms with van der Waals surface area (Å²) < 4.78 is 32.1. The van der Waals surface area contributed by atoms with E-state index in [1.165, 1.54) is 0 Å². The molecule has 2 aromatic rings. The molecule has 11 heteroatoms. The van der Waals surface area contributed by atoms with Gasteiger partial charge in [-0.05, 0) is 43.7 Å². The SMILES string of the molecule is C[C@@H](OC1CCC2NNC(c3cnc(N4CC(C(F)F)C4)c(C#N)c3)C2C1)c1c(Cl)cncc1Cl. The largest absolute Gasteiger partial charge is 0.370 e. The molecule has 4 heterocycles. The molecule has 3 fully saturated rings.